The van der Waals surface area contributed by atoms with E-state index in [2.05, 4.69) is 52.8 Å². The van der Waals surface area contributed by atoms with Gasteiger partial charge in [0.1, 0.15) is 11.6 Å². The van der Waals surface area contributed by atoms with Gasteiger partial charge >= 0.3 is 0 Å². The molecule has 0 saturated carbocycles. The van der Waals surface area contributed by atoms with Crippen LogP contribution in [0.2, 0.25) is 0 Å². The molecule has 2 heterocycles. The number of nitrogens with zero attached hydrogens (tertiary/aromatic N) is 3. The van der Waals surface area contributed by atoms with Crippen LogP contribution in [-0.2, 0) is 26.5 Å². The van der Waals surface area contributed by atoms with Crippen molar-refractivity contribution >= 4 is 11.0 Å². The molecule has 8 rings (SSSR count). The molecule has 336 valence electrons. The number of aryl methyl sites for hydroxylation is 2. The molecular formula is C60H64N3OPt-. The normalized spacial score (nSPS) is 14.9. The van der Waals surface area contributed by atoms with Crippen molar-refractivity contribution in [2.75, 3.05) is 0 Å². The van der Waals surface area contributed by atoms with Crippen LogP contribution in [0.5, 0.6) is 5.75 Å². The van der Waals surface area contributed by atoms with Crippen LogP contribution >= 0.6 is 0 Å². The third kappa shape index (κ3) is 9.30. The van der Waals surface area contributed by atoms with E-state index in [9.17, 15) is 6.48 Å². The van der Waals surface area contributed by atoms with E-state index in [0.29, 0.717) is 55.8 Å². The van der Waals surface area contributed by atoms with E-state index in [-0.39, 0.29) is 60.7 Å². The number of phenolic OH excluding ortho intramolecular Hbond substituents is 1. The Morgan fingerprint density at radius 1 is 0.662 bits per heavy atom. The average molecular weight is 1050 g/mol. The number of pyridine rings is 1. The van der Waals surface area contributed by atoms with Gasteiger partial charge in [0, 0.05) is 45.3 Å². The molecule has 0 spiro atoms. The second kappa shape index (κ2) is 18.7. The third-order valence-corrected chi connectivity index (χ3v) is 12.2. The van der Waals surface area contributed by atoms with Gasteiger partial charge in [-0.05, 0) is 123 Å². The molecule has 0 amide bonds. The fourth-order valence-electron chi connectivity index (χ4n) is 8.60. The Morgan fingerprint density at radius 2 is 1.35 bits per heavy atom. The number of para-hydroxylation sites is 1. The summed E-state index contributed by atoms with van der Waals surface area (Å²) in [6.07, 6.45) is 1.73. The van der Waals surface area contributed by atoms with Crippen LogP contribution in [0.1, 0.15) is 151 Å². The van der Waals surface area contributed by atoms with Crippen molar-refractivity contribution in [2.45, 2.75) is 119 Å². The Hall–Kier alpha value is -5.57. The summed E-state index contributed by atoms with van der Waals surface area (Å²) < 4.78 is 80.3. The summed E-state index contributed by atoms with van der Waals surface area (Å²) in [6.45, 7) is 16.2. The monoisotopic (exact) mass is 1050 g/mol. The predicted molar refractivity (Wildman–Crippen MR) is 271 cm³/mol. The molecule has 4 nitrogen and oxygen atoms in total. The van der Waals surface area contributed by atoms with Gasteiger partial charge in [0.15, 0.2) is 0 Å². The zero-order chi connectivity index (χ0) is 53.5. The Morgan fingerprint density at radius 3 is 2.02 bits per heavy atom. The van der Waals surface area contributed by atoms with Crippen LogP contribution in [0.25, 0.3) is 72.7 Å². The van der Waals surface area contributed by atoms with E-state index >= 15 is 0 Å². The van der Waals surface area contributed by atoms with Crippen LogP contribution in [-0.4, -0.2) is 19.6 Å². The molecule has 5 heteroatoms. The van der Waals surface area contributed by atoms with Crippen molar-refractivity contribution < 1.29 is 38.5 Å². The second-order valence-electron chi connectivity index (χ2n) is 19.0. The predicted octanol–water partition coefficient (Wildman–Crippen LogP) is 16.7. The Kier molecular flexibility index (Phi) is 10.6. The van der Waals surface area contributed by atoms with Crippen LogP contribution in [0.15, 0.2) is 121 Å². The van der Waals surface area contributed by atoms with Gasteiger partial charge in [-0.1, -0.05) is 166 Å². The molecule has 0 aliphatic carbocycles. The van der Waals surface area contributed by atoms with E-state index in [1.54, 1.807) is 87.0 Å². The van der Waals surface area contributed by atoms with E-state index in [0.717, 1.165) is 33.4 Å². The molecule has 0 fully saturated rings. The van der Waals surface area contributed by atoms with Crippen molar-refractivity contribution in [3.63, 3.8) is 0 Å². The first-order valence-electron chi connectivity index (χ1n) is 26.6. The maximum atomic E-state index is 12.4. The third-order valence-electron chi connectivity index (χ3n) is 12.2. The van der Waals surface area contributed by atoms with Gasteiger partial charge in [0.25, 0.3) is 0 Å². The van der Waals surface area contributed by atoms with Gasteiger partial charge in [-0.15, -0.1) is 29.3 Å². The van der Waals surface area contributed by atoms with Gasteiger partial charge in [-0.2, -0.15) is 0 Å². The van der Waals surface area contributed by atoms with Crippen LogP contribution in [0.3, 0.4) is 0 Å². The average Bonchev–Trinajstić information content (AvgIpc) is 3.68. The molecule has 0 unspecified atom stereocenters. The molecule has 2 aromatic heterocycles. The number of rotatable bonds is 10. The largest absolute Gasteiger partial charge is 0.507 e. The first kappa shape index (κ1) is 36.6. The summed E-state index contributed by atoms with van der Waals surface area (Å²) in [5, 5.41) is 12.4. The number of hydrogen-bond donors (Lipinski definition) is 1. The van der Waals surface area contributed by atoms with Gasteiger partial charge < -0.3 is 5.11 Å². The van der Waals surface area contributed by atoms with Gasteiger partial charge in [0.2, 0.25) is 0 Å². The molecule has 8 aromatic rings. The summed E-state index contributed by atoms with van der Waals surface area (Å²) in [6, 6.07) is 39.0. The van der Waals surface area contributed by atoms with Crippen molar-refractivity contribution in [3.8, 4) is 67.5 Å². The molecule has 6 aromatic carbocycles. The minimum absolute atomic E-state index is 0. The first-order chi connectivity index (χ1) is 33.7. The molecule has 1 N–H and O–H groups in total. The number of imidazole rings is 1. The van der Waals surface area contributed by atoms with Crippen LogP contribution < -0.4 is 0 Å². The van der Waals surface area contributed by atoms with Crippen molar-refractivity contribution in [1.29, 1.82) is 0 Å². The summed E-state index contributed by atoms with van der Waals surface area (Å²) in [5.74, 6) is -3.37. The summed E-state index contributed by atoms with van der Waals surface area (Å²) >= 11 is 0. The standard InChI is InChI=1S/C60H64N3O.Pt/c1-35(2)44-32-51(38(7)8)58(64)52(33-44)59-62-57-50(45-29-46(31-47(30-45)60(11,12)13)53-34-42(26-27-61-53)41-22-20-39(9)21-23-41)18-15-19-55(57)63(59)54-25-24-43(28-40(54)10)56-48(36(3)4)16-14-17-49(56)37(5)6;/h14-28,30-38,64H,1-13H3;/q-1;/i9D3,10D3,35D,36D,38D;. The van der Waals surface area contributed by atoms with E-state index < -0.39 is 31.4 Å². The number of aromatic nitrogens is 3. The Balaban J connectivity index is 0.00000800. The van der Waals surface area contributed by atoms with Gasteiger partial charge in [-0.3, -0.25) is 9.55 Å². The molecule has 0 bridgehead atoms. The quantitative estimate of drug-likeness (QED) is 0.139. The molecule has 0 aliphatic heterocycles. The SMILES string of the molecule is [2H]C([2H])([2H])c1ccc(-c2ccnc(-c3[c-]c(-c4cccc5c4nc(-c4cc(C([2H])(C)C)cc(C([2H])(C)C)c4O)n5-c4ccc(-c5c(C(C)C)cccc5C([2H])(C)C)cc4C([2H])([2H])[2H])cc(C(C)(C)C)c3)c2)cc1.[Pt]. The summed E-state index contributed by atoms with van der Waals surface area (Å²) in [4.78, 5) is 10.2. The number of fused-ring (bicyclic) bond motifs is 1. The van der Waals surface area contributed by atoms with Crippen molar-refractivity contribution in [1.82, 2.24) is 14.5 Å². The maximum Gasteiger partial charge on any atom is 0.148 e. The zero-order valence-corrected chi connectivity index (χ0v) is 41.5. The van der Waals surface area contributed by atoms with Gasteiger partial charge in [0.05, 0.1) is 22.3 Å². The summed E-state index contributed by atoms with van der Waals surface area (Å²) in [7, 11) is 0. The number of aromatic hydroxyl groups is 1. The number of benzene rings is 6. The summed E-state index contributed by atoms with van der Waals surface area (Å²) in [5.41, 5.74) is 11.0. The number of hydrogen-bond acceptors (Lipinski definition) is 3. The fourth-order valence-corrected chi connectivity index (χ4v) is 8.60. The minimum atomic E-state index is -2.66. The van der Waals surface area contributed by atoms with Crippen LogP contribution in [0.4, 0.5) is 0 Å². The Labute approximate surface area is 415 Å². The number of phenols is 1. The smallest absolute Gasteiger partial charge is 0.148 e. The fraction of sp³-hybridized carbons (Fsp3) is 0.300. The van der Waals surface area contributed by atoms with Gasteiger partial charge in [-0.25, -0.2) is 4.98 Å². The topological polar surface area (TPSA) is 50.9 Å². The molecule has 0 aliphatic rings. The van der Waals surface area contributed by atoms with Crippen LogP contribution in [0, 0.1) is 19.8 Å². The second-order valence-corrected chi connectivity index (χ2v) is 19.0. The molecular weight excluding hydrogens is 974 g/mol. The van der Waals surface area contributed by atoms with Crippen molar-refractivity contribution in [2.24, 2.45) is 0 Å². The minimum Gasteiger partial charge on any atom is -0.507 e. The molecule has 0 radical (unpaired) electrons. The van der Waals surface area contributed by atoms with E-state index in [1.807, 2.05) is 68.4 Å². The van der Waals surface area contributed by atoms with E-state index in [4.69, 9.17) is 20.9 Å². The Bertz CT molecular complexity index is 3400. The molecule has 0 atom stereocenters. The first-order valence-corrected chi connectivity index (χ1v) is 22.1. The maximum absolute atomic E-state index is 12.4. The molecule has 0 saturated heterocycles. The van der Waals surface area contributed by atoms with E-state index in [1.165, 1.54) is 0 Å². The van der Waals surface area contributed by atoms with Crippen molar-refractivity contribution in [3.05, 3.63) is 166 Å². The molecule has 65 heavy (non-hydrogen) atoms. The zero-order valence-electron chi connectivity index (χ0n) is 48.2.